The number of nitro benzene ring substituents is 1. The molecule has 1 heterocycles. The average molecular weight is 295 g/mol. The molecule has 1 aromatic rings. The van der Waals surface area contributed by atoms with Crippen LogP contribution < -0.4 is 5.90 Å². The number of hydrogen-bond donors (Lipinski definition) is 1. The molecule has 2 rings (SSSR count). The lowest BCUT2D eigenvalue weighted by Gasteiger charge is -2.30. The molecule has 0 radical (unpaired) electrons. The van der Waals surface area contributed by atoms with Gasteiger partial charge in [-0.1, -0.05) is 0 Å². The lowest BCUT2D eigenvalue weighted by atomic mass is 10.1. The zero-order valence-electron chi connectivity index (χ0n) is 11.4. The monoisotopic (exact) mass is 295 g/mol. The highest BCUT2D eigenvalue weighted by molar-refractivity contribution is 5.67. The average Bonchev–Trinajstić information content (AvgIpc) is 2.53. The molecule has 21 heavy (non-hydrogen) atoms. The number of carbonyl (C=O) groups excluding carboxylic acids is 1. The zero-order chi connectivity index (χ0) is 15.2. The summed E-state index contributed by atoms with van der Waals surface area (Å²) in [7, 11) is 0. The summed E-state index contributed by atoms with van der Waals surface area (Å²) in [5, 5.41) is 10.5. The number of nitrogens with zero attached hydrogens (tertiary/aromatic N) is 2. The van der Waals surface area contributed by atoms with Crippen molar-refractivity contribution in [1.82, 2.24) is 4.90 Å². The van der Waals surface area contributed by atoms with Gasteiger partial charge in [-0.3, -0.25) is 15.0 Å². The highest BCUT2D eigenvalue weighted by atomic mass is 16.6. The maximum atomic E-state index is 11.9. The van der Waals surface area contributed by atoms with Crippen molar-refractivity contribution in [3.63, 3.8) is 0 Å². The fourth-order valence-corrected chi connectivity index (χ4v) is 2.17. The lowest BCUT2D eigenvalue weighted by molar-refractivity contribution is -0.384. The first kappa shape index (κ1) is 15.2. The number of rotatable bonds is 4. The van der Waals surface area contributed by atoms with Crippen molar-refractivity contribution in [2.75, 3.05) is 13.1 Å². The summed E-state index contributed by atoms with van der Waals surface area (Å²) in [6.07, 6.45) is 1.04. The molecule has 0 unspecified atom stereocenters. The topological polar surface area (TPSA) is 108 Å². The number of ether oxygens (including phenoxy) is 1. The summed E-state index contributed by atoms with van der Waals surface area (Å²) in [4.78, 5) is 28.3. The Morgan fingerprint density at radius 1 is 1.43 bits per heavy atom. The molecule has 1 atom stereocenters. The molecule has 0 spiro atoms. The second kappa shape index (κ2) is 7.00. The van der Waals surface area contributed by atoms with Crippen LogP contribution in [-0.2, 0) is 16.2 Å². The van der Waals surface area contributed by atoms with Gasteiger partial charge >= 0.3 is 6.09 Å². The highest BCUT2D eigenvalue weighted by Gasteiger charge is 2.24. The van der Waals surface area contributed by atoms with E-state index < -0.39 is 11.0 Å². The van der Waals surface area contributed by atoms with Crippen LogP contribution in [0.2, 0.25) is 0 Å². The largest absolute Gasteiger partial charge is 0.445 e. The number of amides is 1. The van der Waals surface area contributed by atoms with Gasteiger partial charge in [0.2, 0.25) is 0 Å². The van der Waals surface area contributed by atoms with E-state index in [1.807, 2.05) is 0 Å². The Bertz CT molecular complexity index is 505. The van der Waals surface area contributed by atoms with E-state index in [4.69, 9.17) is 15.5 Å². The summed E-state index contributed by atoms with van der Waals surface area (Å²) >= 11 is 0. The van der Waals surface area contributed by atoms with Gasteiger partial charge < -0.3 is 9.64 Å². The molecule has 114 valence electrons. The van der Waals surface area contributed by atoms with E-state index in [0.29, 0.717) is 18.7 Å². The van der Waals surface area contributed by atoms with E-state index in [-0.39, 0.29) is 18.4 Å². The molecule has 1 fully saturated rings. The second-order valence-electron chi connectivity index (χ2n) is 4.82. The minimum Gasteiger partial charge on any atom is -0.445 e. The van der Waals surface area contributed by atoms with Crippen molar-refractivity contribution in [2.24, 2.45) is 5.90 Å². The van der Waals surface area contributed by atoms with Gasteiger partial charge in [0, 0.05) is 18.7 Å². The molecule has 1 amide bonds. The van der Waals surface area contributed by atoms with Gasteiger partial charge in [0.05, 0.1) is 17.6 Å². The molecule has 1 aliphatic heterocycles. The van der Waals surface area contributed by atoms with E-state index in [1.54, 1.807) is 17.0 Å². The van der Waals surface area contributed by atoms with Gasteiger partial charge in [0.1, 0.15) is 6.61 Å². The van der Waals surface area contributed by atoms with Crippen molar-refractivity contribution < 1.29 is 19.3 Å². The first-order valence-electron chi connectivity index (χ1n) is 6.60. The number of benzene rings is 1. The molecular weight excluding hydrogens is 278 g/mol. The summed E-state index contributed by atoms with van der Waals surface area (Å²) in [6.45, 7) is 1.09. The zero-order valence-corrected chi connectivity index (χ0v) is 11.4. The molecule has 0 aliphatic carbocycles. The number of likely N-dealkylation sites (tertiary alicyclic amines) is 1. The molecule has 1 saturated heterocycles. The molecule has 0 bridgehead atoms. The van der Waals surface area contributed by atoms with Gasteiger partial charge in [-0.2, -0.15) is 0 Å². The molecule has 1 aliphatic rings. The van der Waals surface area contributed by atoms with Crippen molar-refractivity contribution in [1.29, 1.82) is 0 Å². The second-order valence-corrected chi connectivity index (χ2v) is 4.82. The molecule has 0 saturated carbocycles. The standard InChI is InChI=1S/C13H17N3O5/c14-21-12-2-1-7-15(8-12)13(17)20-9-10-3-5-11(6-4-10)16(18)19/h3-6,12H,1-2,7-9,14H2/t12-/m1/s1. The van der Waals surface area contributed by atoms with Gasteiger partial charge in [-0.15, -0.1) is 0 Å². The number of nitrogens with two attached hydrogens (primary N) is 1. The summed E-state index contributed by atoms with van der Waals surface area (Å²) in [5.41, 5.74) is 0.696. The van der Waals surface area contributed by atoms with E-state index in [9.17, 15) is 14.9 Å². The maximum Gasteiger partial charge on any atom is 0.410 e. The van der Waals surface area contributed by atoms with Crippen LogP contribution >= 0.6 is 0 Å². The maximum absolute atomic E-state index is 11.9. The number of nitro groups is 1. The van der Waals surface area contributed by atoms with Crippen LogP contribution in [0, 0.1) is 10.1 Å². The molecule has 0 aromatic heterocycles. The van der Waals surface area contributed by atoms with Crippen molar-refractivity contribution in [3.8, 4) is 0 Å². The fraction of sp³-hybridized carbons (Fsp3) is 0.462. The quantitative estimate of drug-likeness (QED) is 0.667. The van der Waals surface area contributed by atoms with E-state index in [1.165, 1.54) is 12.1 Å². The van der Waals surface area contributed by atoms with Crippen LogP contribution in [-0.4, -0.2) is 35.1 Å². The van der Waals surface area contributed by atoms with Crippen molar-refractivity contribution in [2.45, 2.75) is 25.6 Å². The third kappa shape index (κ3) is 4.14. The van der Waals surface area contributed by atoms with Crippen LogP contribution in [0.5, 0.6) is 0 Å². The molecule has 8 nitrogen and oxygen atoms in total. The summed E-state index contributed by atoms with van der Waals surface area (Å²) < 4.78 is 5.18. The number of carbonyl (C=O) groups is 1. The number of hydrogen-bond acceptors (Lipinski definition) is 6. The van der Waals surface area contributed by atoms with E-state index >= 15 is 0 Å². The summed E-state index contributed by atoms with van der Waals surface area (Å²) in [5.74, 6) is 5.14. The predicted molar refractivity (Wildman–Crippen MR) is 73.1 cm³/mol. The Hall–Kier alpha value is -2.19. The smallest absolute Gasteiger partial charge is 0.410 e. The van der Waals surface area contributed by atoms with Crippen LogP contribution in [0.25, 0.3) is 0 Å². The van der Waals surface area contributed by atoms with E-state index in [0.717, 1.165) is 12.8 Å². The van der Waals surface area contributed by atoms with Gasteiger partial charge in [0.25, 0.3) is 5.69 Å². The highest BCUT2D eigenvalue weighted by Crippen LogP contribution is 2.15. The number of piperidine rings is 1. The summed E-state index contributed by atoms with van der Waals surface area (Å²) in [6, 6.07) is 5.88. The first-order valence-corrected chi connectivity index (χ1v) is 6.60. The molecule has 2 N–H and O–H groups in total. The number of non-ortho nitro benzene ring substituents is 1. The Morgan fingerprint density at radius 2 is 2.14 bits per heavy atom. The van der Waals surface area contributed by atoms with Crippen LogP contribution in [0.4, 0.5) is 10.5 Å². The van der Waals surface area contributed by atoms with Crippen molar-refractivity contribution in [3.05, 3.63) is 39.9 Å². The third-order valence-corrected chi connectivity index (χ3v) is 3.34. The van der Waals surface area contributed by atoms with Gasteiger partial charge in [-0.05, 0) is 30.5 Å². The predicted octanol–water partition coefficient (Wildman–Crippen LogP) is 1.59. The Balaban J connectivity index is 1.84. The molecule has 1 aromatic carbocycles. The molecule has 8 heteroatoms. The van der Waals surface area contributed by atoms with Crippen LogP contribution in [0.1, 0.15) is 18.4 Å². The van der Waals surface area contributed by atoms with Crippen LogP contribution in [0.15, 0.2) is 24.3 Å². The molecular formula is C13H17N3O5. The lowest BCUT2D eigenvalue weighted by Crippen LogP contribution is -2.44. The minimum atomic E-state index is -0.476. The van der Waals surface area contributed by atoms with E-state index in [2.05, 4.69) is 0 Å². The van der Waals surface area contributed by atoms with Crippen molar-refractivity contribution >= 4 is 11.8 Å². The minimum absolute atomic E-state index is 0.00374. The fourth-order valence-electron chi connectivity index (χ4n) is 2.17. The van der Waals surface area contributed by atoms with Gasteiger partial charge in [0.15, 0.2) is 0 Å². The Labute approximate surface area is 121 Å². The Morgan fingerprint density at radius 3 is 2.76 bits per heavy atom. The first-order chi connectivity index (χ1) is 10.1. The third-order valence-electron chi connectivity index (χ3n) is 3.34. The Kier molecular flexibility index (Phi) is 5.07. The normalized spacial score (nSPS) is 18.3. The SMILES string of the molecule is NO[C@@H]1CCCN(C(=O)OCc2ccc([N+](=O)[O-])cc2)C1. The van der Waals surface area contributed by atoms with Gasteiger partial charge in [-0.25, -0.2) is 10.7 Å². The van der Waals surface area contributed by atoms with Crippen LogP contribution in [0.3, 0.4) is 0 Å².